The number of nitrogens with one attached hydrogen (secondary N) is 2. The number of carbonyl (C=O) groups is 1. The average Bonchev–Trinajstić information content (AvgIpc) is 3.47. The van der Waals surface area contributed by atoms with Gasteiger partial charge in [-0.25, -0.2) is 9.67 Å². The topological polar surface area (TPSA) is 81.1 Å². The molecule has 4 rings (SSSR count). The van der Waals surface area contributed by atoms with Crippen LogP contribution in [0.25, 0.3) is 5.82 Å². The molecule has 1 saturated carbocycles. The van der Waals surface area contributed by atoms with Crippen LogP contribution < -0.4 is 14.8 Å². The van der Waals surface area contributed by atoms with Crippen molar-refractivity contribution in [2.75, 3.05) is 13.2 Å². The average molecular weight is 638 g/mol. The summed E-state index contributed by atoms with van der Waals surface area (Å²) in [4.78, 5) is 17.8. The maximum absolute atomic E-state index is 13.1. The number of amides is 1. The zero-order chi connectivity index (χ0) is 31.3. The van der Waals surface area contributed by atoms with Crippen LogP contribution in [0.3, 0.4) is 0 Å². The Hall–Kier alpha value is -2.76. The largest absolute Gasteiger partial charge is 0.477 e. The molecule has 1 atom stereocenters. The van der Waals surface area contributed by atoms with E-state index in [4.69, 9.17) is 16.3 Å². The molecule has 7 nitrogen and oxygen atoms in total. The lowest BCUT2D eigenvalue weighted by Gasteiger charge is -2.18. The molecule has 2 aromatic heterocycles. The van der Waals surface area contributed by atoms with Gasteiger partial charge in [0.15, 0.2) is 5.82 Å². The van der Waals surface area contributed by atoms with Crippen LogP contribution in [0.4, 0.5) is 13.2 Å². The van der Waals surface area contributed by atoms with E-state index in [9.17, 15) is 18.0 Å². The minimum absolute atomic E-state index is 0.0242. The molecular weight excluding hydrogens is 599 g/mol. The van der Waals surface area contributed by atoms with Gasteiger partial charge in [0, 0.05) is 22.7 Å². The molecule has 1 unspecified atom stereocenters. The van der Waals surface area contributed by atoms with E-state index in [1.165, 1.54) is 29.7 Å². The van der Waals surface area contributed by atoms with Crippen molar-refractivity contribution in [2.24, 2.45) is 11.3 Å². The van der Waals surface area contributed by atoms with Gasteiger partial charge in [-0.15, -0.1) is 5.10 Å². The summed E-state index contributed by atoms with van der Waals surface area (Å²) in [5, 5.41) is 7.75. The van der Waals surface area contributed by atoms with E-state index >= 15 is 0 Å². The molecule has 43 heavy (non-hydrogen) atoms. The third-order valence-corrected chi connectivity index (χ3v) is 9.10. The fraction of sp³-hybridized carbons (Fsp3) is 0.516. The molecule has 2 aliphatic rings. The lowest BCUT2D eigenvalue weighted by atomic mass is 9.92. The first kappa shape index (κ1) is 33.1. The number of pyridine rings is 1. The Labute approximate surface area is 260 Å². The van der Waals surface area contributed by atoms with Gasteiger partial charge >= 0.3 is 6.18 Å². The van der Waals surface area contributed by atoms with Crippen LogP contribution in [-0.4, -0.2) is 45.5 Å². The molecule has 0 spiro atoms. The smallest absolute Gasteiger partial charge is 0.394 e. The van der Waals surface area contributed by atoms with Crippen LogP contribution >= 0.6 is 23.5 Å². The van der Waals surface area contributed by atoms with Crippen molar-refractivity contribution in [3.8, 4) is 11.7 Å². The molecule has 0 aromatic carbocycles. The Morgan fingerprint density at radius 2 is 2.07 bits per heavy atom. The third kappa shape index (κ3) is 9.12. The highest BCUT2D eigenvalue weighted by molar-refractivity contribution is 8.01. The van der Waals surface area contributed by atoms with Crippen LogP contribution in [-0.2, 0) is 0 Å². The standard InChI is InChI=1S/C31H39ClF3N5O2S/c1-5-23(18-21(2)8-6-7-9-22-19-29(3,4)36-20-22)43-39-28(41)24-10-11-25(37-27(24)32)40-16-12-26(38-40)42-17-15-30(13-14-30)31(33,34)35/h5,10-12,16,18,22,36H,1-2,6-9,13-15,17,19-20H2,3-4H3,(H,39,41)/b23-18+. The number of ether oxygens (including phenoxy) is 1. The van der Waals surface area contributed by atoms with Crippen molar-refractivity contribution in [2.45, 2.75) is 76.9 Å². The summed E-state index contributed by atoms with van der Waals surface area (Å²) in [7, 11) is 0. The Bertz CT molecular complexity index is 1350. The molecule has 2 N–H and O–H groups in total. The maximum Gasteiger partial charge on any atom is 0.394 e. The van der Waals surface area contributed by atoms with E-state index in [1.807, 2.05) is 6.08 Å². The minimum atomic E-state index is -4.22. The fourth-order valence-corrected chi connectivity index (χ4v) is 6.11. The van der Waals surface area contributed by atoms with Crippen molar-refractivity contribution in [3.63, 3.8) is 0 Å². The zero-order valence-corrected chi connectivity index (χ0v) is 26.2. The first-order valence-corrected chi connectivity index (χ1v) is 15.7. The molecule has 3 heterocycles. The van der Waals surface area contributed by atoms with E-state index < -0.39 is 17.5 Å². The zero-order valence-electron chi connectivity index (χ0n) is 24.6. The summed E-state index contributed by atoms with van der Waals surface area (Å²) in [5.74, 6) is 0.807. The van der Waals surface area contributed by atoms with Crippen molar-refractivity contribution >= 4 is 29.5 Å². The highest BCUT2D eigenvalue weighted by atomic mass is 35.5. The van der Waals surface area contributed by atoms with Gasteiger partial charge in [0.1, 0.15) is 5.15 Å². The van der Waals surface area contributed by atoms with Crippen molar-refractivity contribution in [1.29, 1.82) is 0 Å². The van der Waals surface area contributed by atoms with Crippen molar-refractivity contribution < 1.29 is 22.7 Å². The Morgan fingerprint density at radius 1 is 1.30 bits per heavy atom. The second kappa shape index (κ2) is 13.9. The van der Waals surface area contributed by atoms with Crippen LogP contribution in [0.1, 0.15) is 75.6 Å². The molecule has 2 fully saturated rings. The Balaban J connectivity index is 1.22. The van der Waals surface area contributed by atoms with Crippen LogP contribution in [0.5, 0.6) is 5.88 Å². The number of unbranched alkanes of at least 4 members (excludes halogenated alkanes) is 1. The first-order valence-electron chi connectivity index (χ1n) is 14.5. The maximum atomic E-state index is 13.1. The quantitative estimate of drug-likeness (QED) is 0.0892. The number of nitrogens with zero attached hydrogens (tertiary/aromatic N) is 3. The Morgan fingerprint density at radius 3 is 2.70 bits per heavy atom. The predicted molar refractivity (Wildman–Crippen MR) is 165 cm³/mol. The number of alkyl halides is 3. The number of halogens is 4. The third-order valence-electron chi connectivity index (χ3n) is 8.00. The summed E-state index contributed by atoms with van der Waals surface area (Å²) in [6.45, 7) is 13.5. The molecule has 0 radical (unpaired) electrons. The molecular formula is C31H39ClF3N5O2S. The Kier molecular flexibility index (Phi) is 10.7. The van der Waals surface area contributed by atoms with Crippen LogP contribution in [0, 0.1) is 11.3 Å². The van der Waals surface area contributed by atoms with Gasteiger partial charge in [0.25, 0.3) is 5.91 Å². The van der Waals surface area contributed by atoms with E-state index in [0.717, 1.165) is 54.2 Å². The lowest BCUT2D eigenvalue weighted by molar-refractivity contribution is -0.190. The van der Waals surface area contributed by atoms with Gasteiger partial charge in [-0.1, -0.05) is 42.8 Å². The number of rotatable bonds is 15. The van der Waals surface area contributed by atoms with Crippen molar-refractivity contribution in [3.05, 3.63) is 70.9 Å². The van der Waals surface area contributed by atoms with E-state index in [-0.39, 0.29) is 48.0 Å². The van der Waals surface area contributed by atoms with Crippen molar-refractivity contribution in [1.82, 2.24) is 24.8 Å². The van der Waals surface area contributed by atoms with Gasteiger partial charge in [0.2, 0.25) is 5.88 Å². The molecule has 12 heteroatoms. The van der Waals surface area contributed by atoms with Crippen LogP contribution in [0.15, 0.2) is 60.2 Å². The predicted octanol–water partition coefficient (Wildman–Crippen LogP) is 7.98. The van der Waals surface area contributed by atoms with Gasteiger partial charge in [-0.05, 0) is 101 Å². The van der Waals surface area contributed by atoms with Gasteiger partial charge in [0.05, 0.1) is 17.6 Å². The molecule has 234 valence electrons. The molecule has 1 saturated heterocycles. The molecule has 1 aliphatic heterocycles. The summed E-state index contributed by atoms with van der Waals surface area (Å²) >= 11 is 7.44. The first-order chi connectivity index (χ1) is 20.3. The summed E-state index contributed by atoms with van der Waals surface area (Å²) in [6.07, 6.45) is 6.59. The van der Waals surface area contributed by atoms with Crippen LogP contribution in [0.2, 0.25) is 5.15 Å². The number of hydrogen-bond acceptors (Lipinski definition) is 6. The monoisotopic (exact) mass is 637 g/mol. The molecule has 1 aliphatic carbocycles. The van der Waals surface area contributed by atoms with Gasteiger partial charge in [-0.2, -0.15) is 13.2 Å². The highest BCUT2D eigenvalue weighted by Crippen LogP contribution is 2.59. The number of aromatic nitrogens is 3. The lowest BCUT2D eigenvalue weighted by Crippen LogP contribution is -2.31. The SMILES string of the molecule is C=C/C(=C\C(=C)CCCCC1CNC(C)(C)C1)SNC(=O)c1ccc(-n2ccc(OCCC3(C(F)(F)F)CC3)n2)nc1Cl. The molecule has 2 aromatic rings. The van der Waals surface area contributed by atoms with Gasteiger partial charge < -0.3 is 10.1 Å². The van der Waals surface area contributed by atoms with Gasteiger partial charge in [-0.3, -0.25) is 9.52 Å². The van der Waals surface area contributed by atoms with E-state index in [1.54, 1.807) is 18.3 Å². The minimum Gasteiger partial charge on any atom is -0.477 e. The fourth-order valence-electron chi connectivity index (χ4n) is 5.25. The molecule has 1 amide bonds. The normalized spacial score (nSPS) is 19.2. The van der Waals surface area contributed by atoms with E-state index in [2.05, 4.69) is 47.1 Å². The number of hydrogen-bond donors (Lipinski definition) is 2. The second-order valence-corrected chi connectivity index (χ2v) is 13.2. The number of carbonyl (C=O) groups excluding carboxylic acids is 1. The number of allylic oxidation sites excluding steroid dienone is 3. The molecule has 0 bridgehead atoms. The summed E-state index contributed by atoms with van der Waals surface area (Å²) < 4.78 is 48.9. The van der Waals surface area contributed by atoms with E-state index in [0.29, 0.717) is 5.82 Å². The summed E-state index contributed by atoms with van der Waals surface area (Å²) in [5.41, 5.74) is -0.235. The highest BCUT2D eigenvalue weighted by Gasteiger charge is 2.62. The second-order valence-electron chi connectivity index (χ2n) is 12.0. The summed E-state index contributed by atoms with van der Waals surface area (Å²) in [6, 6.07) is 4.63.